The lowest BCUT2D eigenvalue weighted by atomic mass is 10.2. The Bertz CT molecular complexity index is 831. The molecule has 2 rings (SSSR count). The first kappa shape index (κ1) is 22.1. The van der Waals surface area contributed by atoms with Crippen LogP contribution in [0.3, 0.4) is 0 Å². The third-order valence-electron chi connectivity index (χ3n) is 4.13. The lowest BCUT2D eigenvalue weighted by Gasteiger charge is -2.23. The molecule has 2 amide bonds. The molecule has 0 aromatic heterocycles. The summed E-state index contributed by atoms with van der Waals surface area (Å²) in [6.45, 7) is -1.26. The molecule has 0 radical (unpaired) electrons. The SMILES string of the molecule is COc1cccc(NC(=O)CN(C)C(C)C(=O)Nc2ccc(OC(F)F)cc2)c1. The van der Waals surface area contributed by atoms with Crippen molar-refractivity contribution in [3.05, 3.63) is 48.5 Å². The highest BCUT2D eigenvalue weighted by Crippen LogP contribution is 2.18. The van der Waals surface area contributed by atoms with Crippen LogP contribution in [-0.2, 0) is 9.59 Å². The number of hydrogen-bond acceptors (Lipinski definition) is 5. The van der Waals surface area contributed by atoms with Gasteiger partial charge in [0.2, 0.25) is 11.8 Å². The van der Waals surface area contributed by atoms with Crippen LogP contribution in [0.25, 0.3) is 0 Å². The second-order valence-electron chi connectivity index (χ2n) is 6.26. The molecule has 0 spiro atoms. The van der Waals surface area contributed by atoms with Gasteiger partial charge in [-0.25, -0.2) is 0 Å². The Morgan fingerprint density at radius 1 is 1.03 bits per heavy atom. The minimum atomic E-state index is -2.91. The first-order chi connectivity index (χ1) is 13.8. The zero-order chi connectivity index (χ0) is 21.4. The molecule has 1 unspecified atom stereocenters. The van der Waals surface area contributed by atoms with Crippen molar-refractivity contribution < 1.29 is 27.8 Å². The number of nitrogens with one attached hydrogen (secondary N) is 2. The van der Waals surface area contributed by atoms with E-state index in [2.05, 4.69) is 15.4 Å². The summed E-state index contributed by atoms with van der Waals surface area (Å²) in [7, 11) is 3.18. The normalized spacial score (nSPS) is 11.8. The lowest BCUT2D eigenvalue weighted by molar-refractivity contribution is -0.122. The van der Waals surface area contributed by atoms with Gasteiger partial charge >= 0.3 is 6.61 Å². The maximum atomic E-state index is 12.4. The maximum absolute atomic E-state index is 12.4. The predicted octanol–water partition coefficient (Wildman–Crippen LogP) is 3.19. The fraction of sp³-hybridized carbons (Fsp3) is 0.300. The molecular weight excluding hydrogens is 384 g/mol. The second-order valence-corrected chi connectivity index (χ2v) is 6.26. The summed E-state index contributed by atoms with van der Waals surface area (Å²) in [5.74, 6) is -0.00985. The Morgan fingerprint density at radius 2 is 1.72 bits per heavy atom. The minimum Gasteiger partial charge on any atom is -0.497 e. The van der Waals surface area contributed by atoms with E-state index in [0.717, 1.165) is 0 Å². The number of alkyl halides is 2. The Kier molecular flexibility index (Phi) is 7.90. The molecule has 0 saturated heterocycles. The van der Waals surface area contributed by atoms with Crippen molar-refractivity contribution >= 4 is 23.2 Å². The van der Waals surface area contributed by atoms with E-state index in [0.29, 0.717) is 17.1 Å². The number of carbonyl (C=O) groups is 2. The molecule has 0 bridgehead atoms. The van der Waals surface area contributed by atoms with Crippen molar-refractivity contribution in [2.45, 2.75) is 19.6 Å². The molecule has 0 aliphatic heterocycles. The number of methoxy groups -OCH3 is 1. The van der Waals surface area contributed by atoms with Crippen LogP contribution in [0.1, 0.15) is 6.92 Å². The summed E-state index contributed by atoms with van der Waals surface area (Å²) in [4.78, 5) is 26.2. The summed E-state index contributed by atoms with van der Waals surface area (Å²) in [6, 6.07) is 11.9. The summed E-state index contributed by atoms with van der Waals surface area (Å²) in [5, 5.41) is 5.41. The van der Waals surface area contributed by atoms with Gasteiger partial charge in [0, 0.05) is 17.4 Å². The number of halogens is 2. The third kappa shape index (κ3) is 7.04. The number of rotatable bonds is 9. The molecule has 9 heteroatoms. The van der Waals surface area contributed by atoms with Gasteiger partial charge in [-0.2, -0.15) is 8.78 Å². The molecule has 2 aromatic rings. The number of amides is 2. The zero-order valence-electron chi connectivity index (χ0n) is 16.3. The van der Waals surface area contributed by atoms with E-state index in [-0.39, 0.29) is 24.1 Å². The first-order valence-electron chi connectivity index (χ1n) is 8.78. The van der Waals surface area contributed by atoms with Crippen molar-refractivity contribution in [1.82, 2.24) is 4.90 Å². The number of hydrogen-bond donors (Lipinski definition) is 2. The molecule has 156 valence electrons. The van der Waals surface area contributed by atoms with Crippen LogP contribution in [-0.4, -0.2) is 50.1 Å². The topological polar surface area (TPSA) is 79.9 Å². The zero-order valence-corrected chi connectivity index (χ0v) is 16.3. The first-order valence-corrected chi connectivity index (χ1v) is 8.78. The molecule has 0 saturated carbocycles. The Hall–Kier alpha value is -3.20. The highest BCUT2D eigenvalue weighted by Gasteiger charge is 2.20. The average molecular weight is 407 g/mol. The van der Waals surface area contributed by atoms with Gasteiger partial charge in [0.15, 0.2) is 0 Å². The molecule has 2 N–H and O–H groups in total. The van der Waals surface area contributed by atoms with E-state index < -0.39 is 12.7 Å². The molecule has 29 heavy (non-hydrogen) atoms. The molecule has 0 aliphatic carbocycles. The van der Waals surface area contributed by atoms with Crippen LogP contribution in [0.15, 0.2) is 48.5 Å². The van der Waals surface area contributed by atoms with Crippen molar-refractivity contribution in [1.29, 1.82) is 0 Å². The van der Waals surface area contributed by atoms with E-state index in [9.17, 15) is 18.4 Å². The van der Waals surface area contributed by atoms with Crippen LogP contribution in [0.2, 0.25) is 0 Å². The van der Waals surface area contributed by atoms with Gasteiger partial charge in [0.05, 0.1) is 19.7 Å². The minimum absolute atomic E-state index is 0.00243. The number of likely N-dealkylation sites (N-methyl/N-ethyl adjacent to an activating group) is 1. The third-order valence-corrected chi connectivity index (χ3v) is 4.13. The fourth-order valence-corrected chi connectivity index (χ4v) is 2.43. The maximum Gasteiger partial charge on any atom is 0.387 e. The Balaban J connectivity index is 1.87. The summed E-state index contributed by atoms with van der Waals surface area (Å²) < 4.78 is 33.7. The van der Waals surface area contributed by atoms with Crippen molar-refractivity contribution in [3.63, 3.8) is 0 Å². The summed E-state index contributed by atoms with van der Waals surface area (Å²) in [5.41, 5.74) is 1.02. The van der Waals surface area contributed by atoms with Gasteiger partial charge in [0.1, 0.15) is 11.5 Å². The molecular formula is C20H23F2N3O4. The van der Waals surface area contributed by atoms with Gasteiger partial charge < -0.3 is 20.1 Å². The largest absolute Gasteiger partial charge is 0.497 e. The highest BCUT2D eigenvalue weighted by atomic mass is 19.3. The average Bonchev–Trinajstić information content (AvgIpc) is 2.68. The number of ether oxygens (including phenoxy) is 2. The number of carbonyl (C=O) groups excluding carboxylic acids is 2. The van der Waals surface area contributed by atoms with Crippen LogP contribution >= 0.6 is 0 Å². The van der Waals surface area contributed by atoms with Gasteiger partial charge in [0.25, 0.3) is 0 Å². The Labute approximate surface area is 167 Å². The monoisotopic (exact) mass is 407 g/mol. The smallest absolute Gasteiger partial charge is 0.387 e. The Morgan fingerprint density at radius 3 is 2.34 bits per heavy atom. The van der Waals surface area contributed by atoms with E-state index in [1.165, 1.54) is 31.4 Å². The molecule has 7 nitrogen and oxygen atoms in total. The van der Waals surface area contributed by atoms with Crippen LogP contribution in [0.5, 0.6) is 11.5 Å². The molecule has 1 atom stereocenters. The van der Waals surface area contributed by atoms with Crippen LogP contribution in [0.4, 0.5) is 20.2 Å². The summed E-state index contributed by atoms with van der Waals surface area (Å²) in [6.07, 6.45) is 0. The van der Waals surface area contributed by atoms with Gasteiger partial charge in [-0.3, -0.25) is 14.5 Å². The quantitative estimate of drug-likeness (QED) is 0.667. The van der Waals surface area contributed by atoms with E-state index in [1.54, 1.807) is 43.1 Å². The van der Waals surface area contributed by atoms with Crippen molar-refractivity contribution in [2.24, 2.45) is 0 Å². The van der Waals surface area contributed by atoms with Crippen LogP contribution in [0, 0.1) is 0 Å². The van der Waals surface area contributed by atoms with Crippen molar-refractivity contribution in [3.8, 4) is 11.5 Å². The van der Waals surface area contributed by atoms with Gasteiger partial charge in [-0.05, 0) is 50.4 Å². The number of anilines is 2. The second kappa shape index (κ2) is 10.4. The number of nitrogens with zero attached hydrogens (tertiary/aromatic N) is 1. The molecule has 0 heterocycles. The number of benzene rings is 2. The van der Waals surface area contributed by atoms with Crippen LogP contribution < -0.4 is 20.1 Å². The molecule has 0 aliphatic rings. The van der Waals surface area contributed by atoms with Crippen molar-refractivity contribution in [2.75, 3.05) is 31.3 Å². The van der Waals surface area contributed by atoms with E-state index in [4.69, 9.17) is 4.74 Å². The molecule has 0 fully saturated rings. The van der Waals surface area contributed by atoms with Gasteiger partial charge in [-0.1, -0.05) is 6.07 Å². The fourth-order valence-electron chi connectivity index (χ4n) is 2.43. The van der Waals surface area contributed by atoms with E-state index >= 15 is 0 Å². The lowest BCUT2D eigenvalue weighted by Crippen LogP contribution is -2.43. The summed E-state index contributed by atoms with van der Waals surface area (Å²) >= 11 is 0. The predicted molar refractivity (Wildman–Crippen MR) is 105 cm³/mol. The van der Waals surface area contributed by atoms with E-state index in [1.807, 2.05) is 0 Å². The highest BCUT2D eigenvalue weighted by molar-refractivity contribution is 5.96. The molecule has 2 aromatic carbocycles. The van der Waals surface area contributed by atoms with Gasteiger partial charge in [-0.15, -0.1) is 0 Å². The standard InChI is InChI=1S/C20H23F2N3O4/c1-13(19(27)24-14-7-9-16(10-8-14)29-20(21)22)25(2)12-18(26)23-15-5-4-6-17(11-15)28-3/h4-11,13,20H,12H2,1-3H3,(H,23,26)(H,24,27).